The maximum atomic E-state index is 13.8. The SMILES string of the molecule is CC(C)(C)c1cc(-c2ccc(F)cc2)nc2cc(C(=O)N3CCN(C(=O)c4ccc(C(=O)O)cc4)CC3(C)C)oc12. The molecule has 0 unspecified atom stereocenters. The van der Waals surface area contributed by atoms with Crippen molar-refractivity contribution < 1.29 is 28.3 Å². The number of benzene rings is 2. The number of furan rings is 1. The number of aromatic carboxylic acids is 1. The number of carboxylic acids is 1. The smallest absolute Gasteiger partial charge is 0.335 e. The van der Waals surface area contributed by atoms with Gasteiger partial charge in [0.15, 0.2) is 11.3 Å². The Balaban J connectivity index is 1.42. The highest BCUT2D eigenvalue weighted by atomic mass is 19.1. The summed E-state index contributed by atoms with van der Waals surface area (Å²) in [7, 11) is 0. The molecule has 8 nitrogen and oxygen atoms in total. The van der Waals surface area contributed by atoms with Gasteiger partial charge in [0.1, 0.15) is 11.3 Å². The molecule has 1 aliphatic heterocycles. The van der Waals surface area contributed by atoms with Gasteiger partial charge in [-0.1, -0.05) is 20.8 Å². The van der Waals surface area contributed by atoms with Crippen molar-refractivity contribution in [3.8, 4) is 11.3 Å². The minimum Gasteiger partial charge on any atom is -0.478 e. The second-order valence-corrected chi connectivity index (χ2v) is 12.0. The monoisotopic (exact) mass is 557 g/mol. The molecular weight excluding hydrogens is 525 g/mol. The van der Waals surface area contributed by atoms with Crippen LogP contribution in [0.3, 0.4) is 0 Å². The zero-order chi connectivity index (χ0) is 29.7. The number of carboxylic acid groups (broad SMARTS) is 1. The van der Waals surface area contributed by atoms with Crippen LogP contribution < -0.4 is 0 Å². The van der Waals surface area contributed by atoms with Crippen LogP contribution in [0.15, 0.2) is 65.1 Å². The van der Waals surface area contributed by atoms with Crippen molar-refractivity contribution in [2.75, 3.05) is 19.6 Å². The number of rotatable bonds is 4. The molecule has 2 amide bonds. The lowest BCUT2D eigenvalue weighted by Gasteiger charge is -2.46. The first kappa shape index (κ1) is 28.0. The van der Waals surface area contributed by atoms with Gasteiger partial charge in [-0.25, -0.2) is 14.2 Å². The van der Waals surface area contributed by atoms with Crippen molar-refractivity contribution in [3.05, 3.63) is 88.9 Å². The van der Waals surface area contributed by atoms with E-state index in [1.165, 1.54) is 36.4 Å². The number of amides is 2. The van der Waals surface area contributed by atoms with E-state index in [-0.39, 0.29) is 34.4 Å². The zero-order valence-electron chi connectivity index (χ0n) is 23.7. The van der Waals surface area contributed by atoms with E-state index in [0.29, 0.717) is 42.0 Å². The van der Waals surface area contributed by atoms with Gasteiger partial charge in [0.2, 0.25) is 0 Å². The second kappa shape index (κ2) is 10.1. The highest BCUT2D eigenvalue weighted by Gasteiger charge is 2.40. The highest BCUT2D eigenvalue weighted by Crippen LogP contribution is 2.35. The molecule has 0 radical (unpaired) electrons. The molecule has 212 valence electrons. The van der Waals surface area contributed by atoms with Gasteiger partial charge in [-0.05, 0) is 73.9 Å². The number of carbonyl (C=O) groups excluding carboxylic acids is 2. The number of nitrogens with zero attached hydrogens (tertiary/aromatic N) is 3. The van der Waals surface area contributed by atoms with E-state index in [1.54, 1.807) is 28.0 Å². The van der Waals surface area contributed by atoms with Gasteiger partial charge in [-0.3, -0.25) is 9.59 Å². The van der Waals surface area contributed by atoms with Gasteiger partial charge in [0.25, 0.3) is 11.8 Å². The van der Waals surface area contributed by atoms with Gasteiger partial charge >= 0.3 is 5.97 Å². The summed E-state index contributed by atoms with van der Waals surface area (Å²) in [5, 5.41) is 9.13. The van der Waals surface area contributed by atoms with Crippen LogP contribution >= 0.6 is 0 Å². The van der Waals surface area contributed by atoms with E-state index in [4.69, 9.17) is 14.5 Å². The van der Waals surface area contributed by atoms with E-state index >= 15 is 0 Å². The lowest BCUT2D eigenvalue weighted by atomic mass is 9.86. The summed E-state index contributed by atoms with van der Waals surface area (Å²) < 4.78 is 19.7. The maximum absolute atomic E-state index is 13.8. The quantitative estimate of drug-likeness (QED) is 0.330. The molecule has 9 heteroatoms. The second-order valence-electron chi connectivity index (χ2n) is 12.0. The zero-order valence-corrected chi connectivity index (χ0v) is 23.7. The molecular formula is C32H32FN3O5. The minimum absolute atomic E-state index is 0.108. The Bertz CT molecular complexity index is 1650. The van der Waals surface area contributed by atoms with Gasteiger partial charge in [-0.2, -0.15) is 0 Å². The fourth-order valence-electron chi connectivity index (χ4n) is 5.23. The Labute approximate surface area is 237 Å². The molecule has 3 heterocycles. The molecule has 0 spiro atoms. The minimum atomic E-state index is -1.06. The number of carbonyl (C=O) groups is 3. The standard InChI is InChI=1S/C32H32FN3O5/c1-31(2,3)23-16-24(19-10-12-22(33)13-11-19)34-25-17-26(41-27(23)25)29(38)36-15-14-35(18-32(36,4)5)28(37)20-6-8-21(9-7-20)30(39)40/h6-13,16-17H,14-15,18H2,1-5H3,(H,39,40). The average molecular weight is 558 g/mol. The van der Waals surface area contributed by atoms with Gasteiger partial charge in [0, 0.05) is 42.4 Å². The Morgan fingerprint density at radius 2 is 1.56 bits per heavy atom. The Hall–Kier alpha value is -4.53. The molecule has 1 aliphatic rings. The van der Waals surface area contributed by atoms with Crippen LogP contribution in [0.1, 0.15) is 71.5 Å². The van der Waals surface area contributed by atoms with Gasteiger partial charge in [0.05, 0.1) is 16.8 Å². The van der Waals surface area contributed by atoms with Crippen LogP contribution in [-0.4, -0.2) is 62.8 Å². The summed E-state index contributed by atoms with van der Waals surface area (Å²) >= 11 is 0. The molecule has 4 aromatic rings. The molecule has 0 aliphatic carbocycles. The molecule has 0 atom stereocenters. The first-order valence-corrected chi connectivity index (χ1v) is 13.4. The van der Waals surface area contributed by atoms with Crippen molar-refractivity contribution in [2.24, 2.45) is 0 Å². The van der Waals surface area contributed by atoms with E-state index in [1.807, 2.05) is 19.9 Å². The third-order valence-corrected chi connectivity index (χ3v) is 7.45. The Kier molecular flexibility index (Phi) is 6.93. The Morgan fingerprint density at radius 1 is 0.927 bits per heavy atom. The number of aromatic nitrogens is 1. The summed E-state index contributed by atoms with van der Waals surface area (Å²) in [4.78, 5) is 46.2. The van der Waals surface area contributed by atoms with Crippen LogP contribution in [-0.2, 0) is 5.41 Å². The van der Waals surface area contributed by atoms with Crippen molar-refractivity contribution in [1.29, 1.82) is 0 Å². The fourth-order valence-corrected chi connectivity index (χ4v) is 5.23. The Morgan fingerprint density at radius 3 is 2.15 bits per heavy atom. The number of halogens is 1. The van der Waals surface area contributed by atoms with E-state index in [0.717, 1.165) is 11.1 Å². The van der Waals surface area contributed by atoms with Crippen molar-refractivity contribution >= 4 is 28.9 Å². The third-order valence-electron chi connectivity index (χ3n) is 7.45. The number of fused-ring (bicyclic) bond motifs is 1. The summed E-state index contributed by atoms with van der Waals surface area (Å²) in [5.41, 5.74) is 2.84. The predicted molar refractivity (Wildman–Crippen MR) is 153 cm³/mol. The maximum Gasteiger partial charge on any atom is 0.335 e. The number of hydrogen-bond donors (Lipinski definition) is 1. The lowest BCUT2D eigenvalue weighted by molar-refractivity contribution is 0.0150. The molecule has 1 fully saturated rings. The van der Waals surface area contributed by atoms with E-state index in [2.05, 4.69) is 20.8 Å². The molecule has 2 aromatic carbocycles. The number of hydrogen-bond acceptors (Lipinski definition) is 5. The molecule has 41 heavy (non-hydrogen) atoms. The third kappa shape index (κ3) is 5.44. The summed E-state index contributed by atoms with van der Waals surface area (Å²) in [6.45, 7) is 10.8. The normalized spacial score (nSPS) is 15.3. The topological polar surface area (TPSA) is 104 Å². The molecule has 1 saturated heterocycles. The number of piperazine rings is 1. The largest absolute Gasteiger partial charge is 0.478 e. The average Bonchev–Trinajstić information content (AvgIpc) is 3.35. The highest BCUT2D eigenvalue weighted by molar-refractivity contribution is 5.98. The lowest BCUT2D eigenvalue weighted by Crippen LogP contribution is -2.62. The molecule has 0 bridgehead atoms. The van der Waals surface area contributed by atoms with Crippen LogP contribution in [0.5, 0.6) is 0 Å². The summed E-state index contributed by atoms with van der Waals surface area (Å²) in [6.07, 6.45) is 0. The van der Waals surface area contributed by atoms with Crippen LogP contribution in [0, 0.1) is 5.82 Å². The van der Waals surface area contributed by atoms with Crippen LogP contribution in [0.2, 0.25) is 0 Å². The summed E-state index contributed by atoms with van der Waals surface area (Å²) in [5.74, 6) is -1.75. The molecule has 5 rings (SSSR count). The predicted octanol–water partition coefficient (Wildman–Crippen LogP) is 6.01. The van der Waals surface area contributed by atoms with E-state index < -0.39 is 11.5 Å². The van der Waals surface area contributed by atoms with Crippen LogP contribution in [0.4, 0.5) is 4.39 Å². The molecule has 1 N–H and O–H groups in total. The van der Waals surface area contributed by atoms with Gasteiger partial charge in [-0.15, -0.1) is 0 Å². The van der Waals surface area contributed by atoms with Crippen molar-refractivity contribution in [1.82, 2.24) is 14.8 Å². The van der Waals surface area contributed by atoms with Crippen LogP contribution in [0.25, 0.3) is 22.4 Å². The first-order chi connectivity index (χ1) is 19.2. The molecule has 2 aromatic heterocycles. The number of pyridine rings is 1. The summed E-state index contributed by atoms with van der Waals surface area (Å²) in [6, 6.07) is 15.5. The van der Waals surface area contributed by atoms with Crippen molar-refractivity contribution in [2.45, 2.75) is 45.6 Å². The van der Waals surface area contributed by atoms with Gasteiger partial charge < -0.3 is 19.3 Å². The van der Waals surface area contributed by atoms with Crippen molar-refractivity contribution in [3.63, 3.8) is 0 Å². The van der Waals surface area contributed by atoms with E-state index in [9.17, 15) is 18.8 Å². The fraction of sp³-hybridized carbons (Fsp3) is 0.312. The first-order valence-electron chi connectivity index (χ1n) is 13.4. The molecule has 0 saturated carbocycles.